The largest absolute Gasteiger partial charge is 0.427 e. The van der Waals surface area contributed by atoms with E-state index in [-0.39, 0.29) is 5.02 Å². The van der Waals surface area contributed by atoms with Crippen LogP contribution in [0.5, 0.6) is 5.75 Å². The van der Waals surface area contributed by atoms with Crippen molar-refractivity contribution in [2.24, 2.45) is 5.10 Å². The van der Waals surface area contributed by atoms with Crippen LogP contribution in [0.1, 0.15) is 22.8 Å². The third-order valence-electron chi connectivity index (χ3n) is 2.68. The lowest BCUT2D eigenvalue weighted by Gasteiger charge is -2.03. The van der Waals surface area contributed by atoms with Crippen LogP contribution in [0.2, 0.25) is 10.0 Å². The minimum absolute atomic E-state index is 0.289. The van der Waals surface area contributed by atoms with Crippen LogP contribution in [0.25, 0.3) is 0 Å². The number of ether oxygens (including phenoxy) is 1. The van der Waals surface area contributed by atoms with Gasteiger partial charge in [0.05, 0.1) is 16.3 Å². The smallest absolute Gasteiger partial charge is 0.308 e. The average molecular weight is 351 g/mol. The normalized spacial score (nSPS) is 10.6. The van der Waals surface area contributed by atoms with Gasteiger partial charge in [-0.1, -0.05) is 35.3 Å². The molecule has 0 aliphatic heterocycles. The Morgan fingerprint density at radius 2 is 1.91 bits per heavy atom. The summed E-state index contributed by atoms with van der Waals surface area (Å²) in [5.41, 5.74) is 3.38. The molecule has 7 heteroatoms. The standard InChI is InChI=1S/C16H12Cl2N2O3/c1-10(21)23-13-4-2-3-11(7-13)9-19-20-16(22)12-5-6-14(17)15(18)8-12/h2-9H,1H3,(H,20,22)/b19-9-. The number of nitrogens with one attached hydrogen (secondary N) is 1. The van der Waals surface area contributed by atoms with Crippen LogP contribution in [-0.4, -0.2) is 18.1 Å². The minimum Gasteiger partial charge on any atom is -0.427 e. The Hall–Kier alpha value is -2.37. The third kappa shape index (κ3) is 5.09. The number of carbonyl (C=O) groups is 2. The summed E-state index contributed by atoms with van der Waals surface area (Å²) in [4.78, 5) is 22.8. The van der Waals surface area contributed by atoms with E-state index in [0.717, 1.165) is 0 Å². The van der Waals surface area contributed by atoms with Crippen molar-refractivity contribution in [2.45, 2.75) is 6.92 Å². The molecule has 0 spiro atoms. The second-order valence-electron chi connectivity index (χ2n) is 4.49. The molecule has 2 rings (SSSR count). The van der Waals surface area contributed by atoms with Gasteiger partial charge in [-0.25, -0.2) is 5.43 Å². The van der Waals surface area contributed by atoms with E-state index in [1.165, 1.54) is 25.3 Å². The van der Waals surface area contributed by atoms with Crippen LogP contribution in [-0.2, 0) is 4.79 Å². The molecule has 0 saturated carbocycles. The highest BCUT2D eigenvalue weighted by atomic mass is 35.5. The molecule has 0 aromatic heterocycles. The molecule has 0 aliphatic carbocycles. The molecule has 0 aliphatic rings. The number of hydrogen-bond acceptors (Lipinski definition) is 4. The Kier molecular flexibility index (Phi) is 5.73. The van der Waals surface area contributed by atoms with E-state index in [9.17, 15) is 9.59 Å². The number of hydrazone groups is 1. The number of halogens is 2. The lowest BCUT2D eigenvalue weighted by Crippen LogP contribution is -2.17. The fourth-order valence-corrected chi connectivity index (χ4v) is 1.99. The zero-order valence-electron chi connectivity index (χ0n) is 12.0. The van der Waals surface area contributed by atoms with Crippen LogP contribution in [0, 0.1) is 0 Å². The molecule has 0 unspecified atom stereocenters. The number of rotatable bonds is 4. The second kappa shape index (κ2) is 7.76. The highest BCUT2D eigenvalue weighted by Gasteiger charge is 2.06. The van der Waals surface area contributed by atoms with Gasteiger partial charge in [-0.3, -0.25) is 9.59 Å². The van der Waals surface area contributed by atoms with Gasteiger partial charge in [0.2, 0.25) is 0 Å². The van der Waals surface area contributed by atoms with Gasteiger partial charge in [-0.15, -0.1) is 0 Å². The summed E-state index contributed by atoms with van der Waals surface area (Å²) < 4.78 is 4.96. The van der Waals surface area contributed by atoms with Crippen LogP contribution < -0.4 is 10.2 Å². The van der Waals surface area contributed by atoms with Crippen molar-refractivity contribution in [1.29, 1.82) is 0 Å². The van der Waals surface area contributed by atoms with Crippen LogP contribution in [0.15, 0.2) is 47.6 Å². The summed E-state index contributed by atoms with van der Waals surface area (Å²) in [5, 5.41) is 4.51. The van der Waals surface area contributed by atoms with Crippen LogP contribution in [0.4, 0.5) is 0 Å². The van der Waals surface area contributed by atoms with Crippen molar-refractivity contribution in [3.63, 3.8) is 0 Å². The van der Waals surface area contributed by atoms with E-state index in [1.807, 2.05) is 0 Å². The van der Waals surface area contributed by atoms with Gasteiger partial charge in [-0.05, 0) is 35.9 Å². The first kappa shape index (κ1) is 17.0. The van der Waals surface area contributed by atoms with Crippen molar-refractivity contribution >= 4 is 41.3 Å². The molecule has 118 valence electrons. The third-order valence-corrected chi connectivity index (χ3v) is 3.42. The summed E-state index contributed by atoms with van der Waals surface area (Å²) in [5.74, 6) is -0.430. The predicted molar refractivity (Wildman–Crippen MR) is 89.3 cm³/mol. The maximum atomic E-state index is 11.9. The van der Waals surface area contributed by atoms with E-state index >= 15 is 0 Å². The van der Waals surface area contributed by atoms with Gasteiger partial charge in [0.15, 0.2) is 0 Å². The minimum atomic E-state index is -0.420. The Balaban J connectivity index is 2.02. The van der Waals surface area contributed by atoms with Gasteiger partial charge >= 0.3 is 5.97 Å². The van der Waals surface area contributed by atoms with Crippen molar-refractivity contribution in [3.05, 3.63) is 63.6 Å². The molecule has 0 saturated heterocycles. The first-order valence-corrected chi connectivity index (χ1v) is 7.28. The highest BCUT2D eigenvalue weighted by molar-refractivity contribution is 6.42. The van der Waals surface area contributed by atoms with E-state index in [1.54, 1.807) is 30.3 Å². The number of benzene rings is 2. The Labute approximate surface area is 142 Å². The first-order chi connectivity index (χ1) is 11.0. The summed E-state index contributed by atoms with van der Waals surface area (Å²) in [6.45, 7) is 1.32. The SMILES string of the molecule is CC(=O)Oc1cccc(/C=N\NC(=O)c2ccc(Cl)c(Cl)c2)c1. The topological polar surface area (TPSA) is 67.8 Å². The molecule has 1 N–H and O–H groups in total. The molecule has 0 fully saturated rings. The molecular formula is C16H12Cl2N2O3. The second-order valence-corrected chi connectivity index (χ2v) is 5.31. The number of esters is 1. The Morgan fingerprint density at radius 3 is 2.61 bits per heavy atom. The fourth-order valence-electron chi connectivity index (χ4n) is 1.69. The maximum Gasteiger partial charge on any atom is 0.308 e. The average Bonchev–Trinajstić information content (AvgIpc) is 2.49. The number of nitrogens with zero attached hydrogens (tertiary/aromatic N) is 1. The molecule has 0 atom stereocenters. The van der Waals surface area contributed by atoms with Crippen molar-refractivity contribution in [3.8, 4) is 5.75 Å². The summed E-state index contributed by atoms with van der Waals surface area (Å²) in [6.07, 6.45) is 1.43. The zero-order valence-corrected chi connectivity index (χ0v) is 13.6. The van der Waals surface area contributed by atoms with Crippen molar-refractivity contribution in [1.82, 2.24) is 5.43 Å². The molecular weight excluding hydrogens is 339 g/mol. The van der Waals surface area contributed by atoms with Gasteiger partial charge in [0.1, 0.15) is 5.75 Å². The summed E-state index contributed by atoms with van der Waals surface area (Å²) in [6, 6.07) is 11.3. The van der Waals surface area contributed by atoms with E-state index in [2.05, 4.69) is 10.5 Å². The van der Waals surface area contributed by atoms with Crippen molar-refractivity contribution < 1.29 is 14.3 Å². The Bertz CT molecular complexity index is 776. The molecule has 0 bridgehead atoms. The van der Waals surface area contributed by atoms with Gasteiger partial charge in [0, 0.05) is 12.5 Å². The zero-order chi connectivity index (χ0) is 16.8. The quantitative estimate of drug-likeness (QED) is 0.395. The molecule has 1 amide bonds. The molecule has 23 heavy (non-hydrogen) atoms. The highest BCUT2D eigenvalue weighted by Crippen LogP contribution is 2.22. The molecule has 2 aromatic carbocycles. The van der Waals surface area contributed by atoms with Gasteiger partial charge < -0.3 is 4.74 Å². The summed E-state index contributed by atoms with van der Waals surface area (Å²) >= 11 is 11.6. The lowest BCUT2D eigenvalue weighted by atomic mass is 10.2. The van der Waals surface area contributed by atoms with E-state index < -0.39 is 11.9 Å². The fraction of sp³-hybridized carbons (Fsp3) is 0.0625. The van der Waals surface area contributed by atoms with Crippen LogP contribution in [0.3, 0.4) is 0 Å². The van der Waals surface area contributed by atoms with Gasteiger partial charge in [-0.2, -0.15) is 5.10 Å². The molecule has 5 nitrogen and oxygen atoms in total. The van der Waals surface area contributed by atoms with E-state index in [4.69, 9.17) is 27.9 Å². The predicted octanol–water partition coefficient (Wildman–Crippen LogP) is 3.68. The van der Waals surface area contributed by atoms with Crippen LogP contribution >= 0.6 is 23.2 Å². The molecule has 0 radical (unpaired) electrons. The number of carbonyl (C=O) groups excluding carboxylic acids is 2. The first-order valence-electron chi connectivity index (χ1n) is 6.52. The maximum absolute atomic E-state index is 11.9. The Morgan fingerprint density at radius 1 is 1.13 bits per heavy atom. The number of hydrogen-bond donors (Lipinski definition) is 1. The number of amides is 1. The van der Waals surface area contributed by atoms with Crippen molar-refractivity contribution in [2.75, 3.05) is 0 Å². The van der Waals surface area contributed by atoms with Gasteiger partial charge in [0.25, 0.3) is 5.91 Å². The monoisotopic (exact) mass is 350 g/mol. The molecule has 0 heterocycles. The molecule has 2 aromatic rings. The van der Waals surface area contributed by atoms with E-state index in [0.29, 0.717) is 21.9 Å². The summed E-state index contributed by atoms with van der Waals surface area (Å²) in [7, 11) is 0. The lowest BCUT2D eigenvalue weighted by molar-refractivity contribution is -0.131.